The van der Waals surface area contributed by atoms with Gasteiger partial charge in [-0.05, 0) is 26.7 Å². The van der Waals surface area contributed by atoms with Crippen LogP contribution in [-0.4, -0.2) is 44.7 Å². The summed E-state index contributed by atoms with van der Waals surface area (Å²) < 4.78 is 1.98. The summed E-state index contributed by atoms with van der Waals surface area (Å²) in [6.45, 7) is 5.39. The lowest BCUT2D eigenvalue weighted by molar-refractivity contribution is -0.134. The Morgan fingerprint density at radius 1 is 1.30 bits per heavy atom. The first-order valence-electron chi connectivity index (χ1n) is 8.11. The maximum Gasteiger partial charge on any atom is 0.242 e. The van der Waals surface area contributed by atoms with Gasteiger partial charge in [-0.1, -0.05) is 30.3 Å². The fraction of sp³-hybridized carbons (Fsp3) is 0.444. The number of aliphatic hydroxyl groups excluding tert-OH is 1. The number of aliphatic hydroxyl groups is 1. The number of likely N-dealkylation sites (tertiary alicyclic amines) is 1. The predicted octanol–water partition coefficient (Wildman–Crippen LogP) is 2.15. The average Bonchev–Trinajstić information content (AvgIpc) is 2.84. The minimum absolute atomic E-state index is 0.0430. The highest BCUT2D eigenvalue weighted by molar-refractivity contribution is 5.77. The normalized spacial score (nSPS) is 18.2. The zero-order valence-electron chi connectivity index (χ0n) is 13.7. The number of amides is 1. The maximum atomic E-state index is 12.6. The molecule has 1 fully saturated rings. The molecular weight excluding hydrogens is 290 g/mol. The molecule has 23 heavy (non-hydrogen) atoms. The number of hydrogen-bond acceptors (Lipinski definition) is 3. The highest BCUT2D eigenvalue weighted by Crippen LogP contribution is 2.22. The van der Waals surface area contributed by atoms with Crippen molar-refractivity contribution in [2.75, 3.05) is 13.1 Å². The lowest BCUT2D eigenvalue weighted by Gasteiger charge is -2.30. The number of aryl methyl sites for hydroxylation is 1. The van der Waals surface area contributed by atoms with E-state index in [0.29, 0.717) is 6.54 Å². The molecule has 1 aliphatic heterocycles. The second kappa shape index (κ2) is 6.54. The van der Waals surface area contributed by atoms with Crippen molar-refractivity contribution in [1.29, 1.82) is 0 Å². The van der Waals surface area contributed by atoms with E-state index in [4.69, 9.17) is 0 Å². The second-order valence-corrected chi connectivity index (χ2v) is 6.19. The molecule has 0 aliphatic carbocycles. The summed E-state index contributed by atoms with van der Waals surface area (Å²) in [7, 11) is 0. The Balaban J connectivity index is 1.86. The molecule has 1 N–H and O–H groups in total. The largest absolute Gasteiger partial charge is 0.391 e. The first-order chi connectivity index (χ1) is 11.1. The molecule has 5 heteroatoms. The Morgan fingerprint density at radius 2 is 2.04 bits per heavy atom. The summed E-state index contributed by atoms with van der Waals surface area (Å²) in [6, 6.07) is 9.93. The molecule has 0 radical (unpaired) electrons. The predicted molar refractivity (Wildman–Crippen MR) is 89.0 cm³/mol. The van der Waals surface area contributed by atoms with Gasteiger partial charge in [0, 0.05) is 24.3 Å². The van der Waals surface area contributed by atoms with Gasteiger partial charge in [0.25, 0.3) is 0 Å². The van der Waals surface area contributed by atoms with Gasteiger partial charge in [0.1, 0.15) is 12.4 Å². The first-order valence-corrected chi connectivity index (χ1v) is 8.11. The Kier molecular flexibility index (Phi) is 4.48. The molecule has 1 aliphatic rings. The van der Waals surface area contributed by atoms with E-state index in [9.17, 15) is 9.90 Å². The molecule has 2 heterocycles. The van der Waals surface area contributed by atoms with Gasteiger partial charge in [0.05, 0.1) is 11.8 Å². The lowest BCUT2D eigenvalue weighted by Crippen LogP contribution is -2.43. The molecule has 3 rings (SSSR count). The third kappa shape index (κ3) is 3.29. The van der Waals surface area contributed by atoms with Crippen LogP contribution in [0, 0.1) is 13.8 Å². The molecule has 5 nitrogen and oxygen atoms in total. The molecule has 1 aromatic heterocycles. The number of carbonyl (C=O) groups excluding carboxylic acids is 1. The van der Waals surface area contributed by atoms with Crippen molar-refractivity contribution < 1.29 is 9.90 Å². The summed E-state index contributed by atoms with van der Waals surface area (Å²) in [5.74, 6) is 0.868. The van der Waals surface area contributed by atoms with Crippen LogP contribution in [0.1, 0.15) is 24.2 Å². The Hall–Kier alpha value is -2.14. The molecule has 1 atom stereocenters. The zero-order chi connectivity index (χ0) is 16.4. The number of hydrogen-bond donors (Lipinski definition) is 1. The molecule has 2 aromatic rings. The summed E-state index contributed by atoms with van der Waals surface area (Å²) in [6.07, 6.45) is 1.25. The van der Waals surface area contributed by atoms with Gasteiger partial charge >= 0.3 is 0 Å². The molecule has 0 bridgehead atoms. The number of β-amino-alcohol motifs (C(OH)–C–C–N with tert-alkyl or cyclic N) is 1. The number of carbonyl (C=O) groups is 1. The van der Waals surface area contributed by atoms with Crippen molar-refractivity contribution in [1.82, 2.24) is 14.5 Å². The van der Waals surface area contributed by atoms with Gasteiger partial charge in [0.15, 0.2) is 0 Å². The molecular formula is C18H23N3O2. The summed E-state index contributed by atoms with van der Waals surface area (Å²) in [5.41, 5.74) is 2.96. The molecule has 0 spiro atoms. The van der Waals surface area contributed by atoms with Gasteiger partial charge in [-0.3, -0.25) is 4.79 Å². The molecule has 1 unspecified atom stereocenters. The minimum atomic E-state index is -0.396. The molecule has 1 saturated heterocycles. The molecule has 122 valence electrons. The third-order valence-electron chi connectivity index (χ3n) is 4.53. The van der Waals surface area contributed by atoms with E-state index in [2.05, 4.69) is 4.98 Å². The highest BCUT2D eigenvalue weighted by Gasteiger charge is 2.24. The van der Waals surface area contributed by atoms with Crippen molar-refractivity contribution in [3.63, 3.8) is 0 Å². The fourth-order valence-electron chi connectivity index (χ4n) is 3.07. The van der Waals surface area contributed by atoms with E-state index in [1.807, 2.05) is 48.7 Å². The average molecular weight is 313 g/mol. The van der Waals surface area contributed by atoms with Gasteiger partial charge < -0.3 is 14.6 Å². The minimum Gasteiger partial charge on any atom is -0.391 e. The fourth-order valence-corrected chi connectivity index (χ4v) is 3.07. The monoisotopic (exact) mass is 313 g/mol. The van der Waals surface area contributed by atoms with Crippen LogP contribution in [0.5, 0.6) is 0 Å². The van der Waals surface area contributed by atoms with Crippen LogP contribution < -0.4 is 0 Å². The third-order valence-corrected chi connectivity index (χ3v) is 4.53. The van der Waals surface area contributed by atoms with Gasteiger partial charge in [-0.15, -0.1) is 0 Å². The van der Waals surface area contributed by atoms with E-state index >= 15 is 0 Å². The summed E-state index contributed by atoms with van der Waals surface area (Å²) in [4.78, 5) is 19.0. The van der Waals surface area contributed by atoms with Crippen molar-refractivity contribution in [2.45, 2.75) is 39.3 Å². The van der Waals surface area contributed by atoms with Crippen LogP contribution in [0.4, 0.5) is 0 Å². The smallest absolute Gasteiger partial charge is 0.242 e. The van der Waals surface area contributed by atoms with E-state index in [1.54, 1.807) is 4.90 Å². The summed E-state index contributed by atoms with van der Waals surface area (Å²) in [5, 5.41) is 9.77. The van der Waals surface area contributed by atoms with Crippen LogP contribution >= 0.6 is 0 Å². The number of imidazole rings is 1. The van der Waals surface area contributed by atoms with Crippen LogP contribution in [0.15, 0.2) is 30.3 Å². The number of aromatic nitrogens is 2. The zero-order valence-corrected chi connectivity index (χ0v) is 13.7. The van der Waals surface area contributed by atoms with Crippen LogP contribution in [0.3, 0.4) is 0 Å². The van der Waals surface area contributed by atoms with Gasteiger partial charge in [-0.25, -0.2) is 4.98 Å². The number of benzene rings is 1. The molecule has 0 saturated carbocycles. The van der Waals surface area contributed by atoms with Gasteiger partial charge in [0.2, 0.25) is 5.91 Å². The molecule has 1 aromatic carbocycles. The summed E-state index contributed by atoms with van der Waals surface area (Å²) >= 11 is 0. The number of nitrogens with zero attached hydrogens (tertiary/aromatic N) is 3. The van der Waals surface area contributed by atoms with E-state index in [-0.39, 0.29) is 12.5 Å². The van der Waals surface area contributed by atoms with E-state index in [0.717, 1.165) is 42.2 Å². The maximum absolute atomic E-state index is 12.6. The van der Waals surface area contributed by atoms with E-state index < -0.39 is 6.10 Å². The highest BCUT2D eigenvalue weighted by atomic mass is 16.3. The van der Waals surface area contributed by atoms with Crippen LogP contribution in [0.2, 0.25) is 0 Å². The topological polar surface area (TPSA) is 58.4 Å². The SMILES string of the molecule is Cc1nc(-c2ccccc2)n(CC(=O)N2CCCC(O)C2)c1C. The van der Waals surface area contributed by atoms with E-state index in [1.165, 1.54) is 0 Å². The van der Waals surface area contributed by atoms with Crippen molar-refractivity contribution in [2.24, 2.45) is 0 Å². The molecule has 1 amide bonds. The number of piperidine rings is 1. The quantitative estimate of drug-likeness (QED) is 0.944. The Labute approximate surface area is 136 Å². The standard InChI is InChI=1S/C18H23N3O2/c1-13-14(2)21(18(19-13)15-7-4-3-5-8-15)12-17(23)20-10-6-9-16(22)11-20/h3-5,7-8,16,22H,6,9-12H2,1-2H3. The van der Waals surface area contributed by atoms with Crippen LogP contribution in [-0.2, 0) is 11.3 Å². The lowest BCUT2D eigenvalue weighted by atomic mass is 10.1. The van der Waals surface area contributed by atoms with Gasteiger partial charge in [-0.2, -0.15) is 0 Å². The number of rotatable bonds is 3. The Morgan fingerprint density at radius 3 is 2.74 bits per heavy atom. The van der Waals surface area contributed by atoms with Crippen molar-refractivity contribution in [3.05, 3.63) is 41.7 Å². The Bertz CT molecular complexity index is 694. The second-order valence-electron chi connectivity index (χ2n) is 6.19. The first kappa shape index (κ1) is 15.7. The van der Waals surface area contributed by atoms with Crippen molar-refractivity contribution >= 4 is 5.91 Å². The van der Waals surface area contributed by atoms with Crippen molar-refractivity contribution in [3.8, 4) is 11.4 Å². The van der Waals surface area contributed by atoms with Crippen LogP contribution in [0.25, 0.3) is 11.4 Å².